The molecule has 3 heteroatoms. The van der Waals surface area contributed by atoms with E-state index in [1.54, 1.807) is 6.26 Å². The normalized spacial score (nSPS) is 13.0. The van der Waals surface area contributed by atoms with Gasteiger partial charge in [-0.25, -0.2) is 0 Å². The molecule has 0 saturated heterocycles. The summed E-state index contributed by atoms with van der Waals surface area (Å²) in [4.78, 5) is 0. The minimum atomic E-state index is 0.117. The van der Waals surface area contributed by atoms with Crippen LogP contribution in [0.5, 0.6) is 0 Å². The van der Waals surface area contributed by atoms with Crippen molar-refractivity contribution in [2.24, 2.45) is 12.8 Å². The Labute approximate surface area is 106 Å². The van der Waals surface area contributed by atoms with Crippen LogP contribution in [0.3, 0.4) is 0 Å². The van der Waals surface area contributed by atoms with Crippen LogP contribution in [0.25, 0.3) is 10.9 Å². The molecule has 0 bridgehead atoms. The lowest BCUT2D eigenvalue weighted by molar-refractivity contribution is 0.488. The van der Waals surface area contributed by atoms with Gasteiger partial charge in [0.05, 0.1) is 12.2 Å². The zero-order valence-corrected chi connectivity index (χ0v) is 10.3. The second-order valence-corrected chi connectivity index (χ2v) is 4.52. The van der Waals surface area contributed by atoms with Gasteiger partial charge < -0.3 is 14.7 Å². The van der Waals surface area contributed by atoms with Crippen LogP contribution in [-0.2, 0) is 7.05 Å². The Morgan fingerprint density at radius 3 is 2.78 bits per heavy atom. The van der Waals surface area contributed by atoms with E-state index in [1.807, 2.05) is 12.1 Å². The molecule has 3 rings (SSSR count). The van der Waals surface area contributed by atoms with E-state index < -0.39 is 0 Å². The van der Waals surface area contributed by atoms with Crippen molar-refractivity contribution in [2.45, 2.75) is 5.92 Å². The highest BCUT2D eigenvalue weighted by molar-refractivity contribution is 5.84. The number of aryl methyl sites for hydroxylation is 1. The Morgan fingerprint density at radius 1 is 1.22 bits per heavy atom. The van der Waals surface area contributed by atoms with Crippen LogP contribution >= 0.6 is 0 Å². The Balaban J connectivity index is 2.19. The van der Waals surface area contributed by atoms with Gasteiger partial charge in [0.1, 0.15) is 5.76 Å². The monoisotopic (exact) mass is 240 g/mol. The van der Waals surface area contributed by atoms with Crippen molar-refractivity contribution in [1.82, 2.24) is 4.57 Å². The van der Waals surface area contributed by atoms with Crippen molar-refractivity contribution in [2.75, 3.05) is 6.54 Å². The number of furan rings is 1. The number of benzene rings is 1. The van der Waals surface area contributed by atoms with Gasteiger partial charge in [0.15, 0.2) is 0 Å². The molecule has 0 amide bonds. The predicted molar refractivity (Wildman–Crippen MR) is 72.5 cm³/mol. The van der Waals surface area contributed by atoms with Crippen molar-refractivity contribution in [3.05, 3.63) is 60.2 Å². The van der Waals surface area contributed by atoms with Gasteiger partial charge in [0.25, 0.3) is 0 Å². The van der Waals surface area contributed by atoms with Crippen molar-refractivity contribution in [3.8, 4) is 0 Å². The third-order valence-electron chi connectivity index (χ3n) is 3.43. The molecular formula is C15H16N2O. The van der Waals surface area contributed by atoms with Crippen molar-refractivity contribution in [3.63, 3.8) is 0 Å². The summed E-state index contributed by atoms with van der Waals surface area (Å²) < 4.78 is 7.65. The molecule has 2 N–H and O–H groups in total. The number of hydrogen-bond acceptors (Lipinski definition) is 2. The van der Waals surface area contributed by atoms with Crippen LogP contribution in [0, 0.1) is 0 Å². The van der Waals surface area contributed by atoms with Gasteiger partial charge in [-0.2, -0.15) is 0 Å². The lowest BCUT2D eigenvalue weighted by atomic mass is 9.96. The van der Waals surface area contributed by atoms with Gasteiger partial charge >= 0.3 is 0 Å². The van der Waals surface area contributed by atoms with Gasteiger partial charge in [-0.1, -0.05) is 18.2 Å². The fourth-order valence-corrected chi connectivity index (χ4v) is 2.54. The Kier molecular flexibility index (Phi) is 2.68. The first-order valence-corrected chi connectivity index (χ1v) is 6.08. The van der Waals surface area contributed by atoms with E-state index in [9.17, 15) is 0 Å². The number of aromatic nitrogens is 1. The molecule has 1 unspecified atom stereocenters. The molecule has 1 atom stereocenters. The number of rotatable bonds is 3. The molecule has 3 aromatic rings. The number of hydrogen-bond donors (Lipinski definition) is 1. The maximum Gasteiger partial charge on any atom is 0.112 e. The molecule has 0 radical (unpaired) electrons. The van der Waals surface area contributed by atoms with Gasteiger partial charge in [0.2, 0.25) is 0 Å². The minimum Gasteiger partial charge on any atom is -0.469 e. The van der Waals surface area contributed by atoms with Gasteiger partial charge in [0, 0.05) is 30.7 Å². The average molecular weight is 240 g/mol. The molecule has 0 spiro atoms. The maximum atomic E-state index is 5.93. The van der Waals surface area contributed by atoms with E-state index in [4.69, 9.17) is 10.2 Å². The minimum absolute atomic E-state index is 0.117. The molecule has 2 heterocycles. The third-order valence-corrected chi connectivity index (χ3v) is 3.43. The number of fused-ring (bicyclic) bond motifs is 1. The quantitative estimate of drug-likeness (QED) is 0.765. The van der Waals surface area contributed by atoms with Crippen molar-refractivity contribution in [1.29, 1.82) is 0 Å². The number of para-hydroxylation sites is 1. The van der Waals surface area contributed by atoms with Crippen LogP contribution < -0.4 is 5.73 Å². The second-order valence-electron chi connectivity index (χ2n) is 4.52. The summed E-state index contributed by atoms with van der Waals surface area (Å²) in [6.45, 7) is 0.543. The van der Waals surface area contributed by atoms with Gasteiger partial charge in [-0.3, -0.25) is 0 Å². The fourth-order valence-electron chi connectivity index (χ4n) is 2.54. The van der Waals surface area contributed by atoms with E-state index in [0.29, 0.717) is 6.54 Å². The van der Waals surface area contributed by atoms with Crippen LogP contribution in [0.1, 0.15) is 17.2 Å². The van der Waals surface area contributed by atoms with Crippen molar-refractivity contribution < 1.29 is 4.42 Å². The molecule has 0 aliphatic carbocycles. The van der Waals surface area contributed by atoms with Crippen LogP contribution in [0.4, 0.5) is 0 Å². The maximum absolute atomic E-state index is 5.93. The Bertz CT molecular complexity index is 652. The predicted octanol–water partition coefficient (Wildman–Crippen LogP) is 2.86. The molecule has 0 fully saturated rings. The summed E-state index contributed by atoms with van der Waals surface area (Å²) in [5.41, 5.74) is 8.37. The molecular weight excluding hydrogens is 224 g/mol. The molecule has 18 heavy (non-hydrogen) atoms. The molecule has 2 aromatic heterocycles. The molecule has 0 aliphatic rings. The first kappa shape index (κ1) is 11.1. The SMILES string of the molecule is Cn1cc(C(CN)c2ccco2)c2ccccc21. The summed E-state index contributed by atoms with van der Waals surface area (Å²) in [7, 11) is 2.06. The second kappa shape index (κ2) is 4.35. The first-order valence-electron chi connectivity index (χ1n) is 6.08. The van der Waals surface area contributed by atoms with E-state index in [1.165, 1.54) is 16.5 Å². The molecule has 0 aliphatic heterocycles. The lowest BCUT2D eigenvalue weighted by Gasteiger charge is -2.11. The highest BCUT2D eigenvalue weighted by Gasteiger charge is 2.19. The molecule has 3 nitrogen and oxygen atoms in total. The number of nitrogens with two attached hydrogens (primary N) is 1. The largest absolute Gasteiger partial charge is 0.469 e. The summed E-state index contributed by atoms with van der Waals surface area (Å²) in [6.07, 6.45) is 3.84. The fraction of sp³-hybridized carbons (Fsp3) is 0.200. The van der Waals surface area contributed by atoms with Crippen LogP contribution in [0.2, 0.25) is 0 Å². The third kappa shape index (κ3) is 1.64. The number of nitrogens with zero attached hydrogens (tertiary/aromatic N) is 1. The van der Waals surface area contributed by atoms with Crippen molar-refractivity contribution >= 4 is 10.9 Å². The van der Waals surface area contributed by atoms with E-state index in [-0.39, 0.29) is 5.92 Å². The molecule has 92 valence electrons. The highest BCUT2D eigenvalue weighted by Crippen LogP contribution is 2.31. The standard InChI is InChI=1S/C15H16N2O/c1-17-10-13(11-5-2-3-6-14(11)17)12(9-16)15-7-4-8-18-15/h2-8,10,12H,9,16H2,1H3. The molecule has 1 aromatic carbocycles. The van der Waals surface area contributed by atoms with E-state index in [2.05, 4.69) is 42.1 Å². The zero-order valence-electron chi connectivity index (χ0n) is 10.3. The van der Waals surface area contributed by atoms with Gasteiger partial charge in [-0.05, 0) is 23.8 Å². The Morgan fingerprint density at radius 2 is 2.06 bits per heavy atom. The molecule has 0 saturated carbocycles. The van der Waals surface area contributed by atoms with E-state index in [0.717, 1.165) is 5.76 Å². The highest BCUT2D eigenvalue weighted by atomic mass is 16.3. The lowest BCUT2D eigenvalue weighted by Crippen LogP contribution is -2.12. The summed E-state index contributed by atoms with van der Waals surface area (Å²) in [6, 6.07) is 12.3. The first-order chi connectivity index (χ1) is 8.81. The van der Waals surface area contributed by atoms with E-state index >= 15 is 0 Å². The summed E-state index contributed by atoms with van der Waals surface area (Å²) >= 11 is 0. The smallest absolute Gasteiger partial charge is 0.112 e. The van der Waals surface area contributed by atoms with Crippen LogP contribution in [0.15, 0.2) is 53.3 Å². The average Bonchev–Trinajstić information content (AvgIpc) is 3.01. The summed E-state index contributed by atoms with van der Waals surface area (Å²) in [5, 5.41) is 1.24. The topological polar surface area (TPSA) is 44.1 Å². The van der Waals surface area contributed by atoms with Crippen LogP contribution in [-0.4, -0.2) is 11.1 Å². The van der Waals surface area contributed by atoms with Gasteiger partial charge in [-0.15, -0.1) is 0 Å². The zero-order chi connectivity index (χ0) is 12.5. The Hall–Kier alpha value is -2.00. The summed E-state index contributed by atoms with van der Waals surface area (Å²) in [5.74, 6) is 1.04.